The molecule has 1 aliphatic heterocycles. The van der Waals surface area contributed by atoms with E-state index in [1.165, 1.54) is 51.7 Å². The fraction of sp³-hybridized carbons (Fsp3) is 1.00. The van der Waals surface area contributed by atoms with E-state index in [-0.39, 0.29) is 0 Å². The highest BCUT2D eigenvalue weighted by molar-refractivity contribution is 9.09. The van der Waals surface area contributed by atoms with E-state index in [0.29, 0.717) is 0 Å². The number of rotatable bonds is 4. The molecular formula is C12H23BrN2. The first-order valence-corrected chi connectivity index (χ1v) is 7.45. The summed E-state index contributed by atoms with van der Waals surface area (Å²) in [6.07, 6.45) is 8.42. The average Bonchev–Trinajstić information content (AvgIpc) is 2.58. The van der Waals surface area contributed by atoms with Crippen LogP contribution in [0.4, 0.5) is 0 Å². The van der Waals surface area contributed by atoms with E-state index in [9.17, 15) is 0 Å². The summed E-state index contributed by atoms with van der Waals surface area (Å²) in [6.45, 7) is 2.51. The number of hydrogen-bond acceptors (Lipinski definition) is 2. The number of hydrogen-bond donors (Lipinski definition) is 0. The van der Waals surface area contributed by atoms with Crippen LogP contribution in [0.25, 0.3) is 0 Å². The first-order chi connectivity index (χ1) is 7.33. The van der Waals surface area contributed by atoms with Crippen LogP contribution in [0, 0.1) is 0 Å². The van der Waals surface area contributed by atoms with Gasteiger partial charge < -0.3 is 0 Å². The highest BCUT2D eigenvalue weighted by atomic mass is 79.9. The van der Waals surface area contributed by atoms with Crippen LogP contribution >= 0.6 is 15.9 Å². The minimum absolute atomic E-state index is 0.864. The number of alkyl halides is 1. The van der Waals surface area contributed by atoms with Crippen LogP contribution in [-0.4, -0.2) is 47.5 Å². The molecule has 0 bridgehead atoms. The molecule has 1 aliphatic carbocycles. The van der Waals surface area contributed by atoms with E-state index in [4.69, 9.17) is 0 Å². The van der Waals surface area contributed by atoms with Crippen molar-refractivity contribution in [2.45, 2.75) is 50.6 Å². The molecule has 0 aromatic rings. The quantitative estimate of drug-likeness (QED) is 0.575. The topological polar surface area (TPSA) is 6.48 Å². The molecule has 2 rings (SSSR count). The molecule has 1 saturated carbocycles. The molecule has 1 saturated heterocycles. The zero-order valence-electron chi connectivity index (χ0n) is 9.79. The summed E-state index contributed by atoms with van der Waals surface area (Å²) in [5.74, 6) is 0. The van der Waals surface area contributed by atoms with Gasteiger partial charge in [-0.3, -0.25) is 9.80 Å². The maximum absolute atomic E-state index is 3.51. The van der Waals surface area contributed by atoms with Crippen LogP contribution in [-0.2, 0) is 0 Å². The van der Waals surface area contributed by atoms with Gasteiger partial charge in [0.1, 0.15) is 0 Å². The second-order valence-corrected chi connectivity index (χ2v) is 5.82. The Bertz CT molecular complexity index is 198. The third-order valence-electron chi connectivity index (χ3n) is 3.96. The number of halogens is 1. The van der Waals surface area contributed by atoms with E-state index in [1.54, 1.807) is 0 Å². The summed E-state index contributed by atoms with van der Waals surface area (Å²) < 4.78 is 0. The van der Waals surface area contributed by atoms with Crippen LogP contribution < -0.4 is 0 Å². The Morgan fingerprint density at radius 1 is 1.13 bits per heavy atom. The molecule has 2 unspecified atom stereocenters. The van der Waals surface area contributed by atoms with Gasteiger partial charge in [0.05, 0.1) is 6.67 Å². The van der Waals surface area contributed by atoms with Crippen molar-refractivity contribution in [1.29, 1.82) is 0 Å². The van der Waals surface area contributed by atoms with Crippen LogP contribution in [0.2, 0.25) is 0 Å². The third kappa shape index (κ3) is 2.75. The van der Waals surface area contributed by atoms with Crippen LogP contribution in [0.3, 0.4) is 0 Å². The SMILES string of the molecule is CN1CN(CCCCBr)C2CCCCC21. The average molecular weight is 275 g/mol. The van der Waals surface area contributed by atoms with E-state index in [2.05, 4.69) is 32.8 Å². The standard InChI is InChI=1S/C12H23BrN2/c1-14-10-15(9-5-4-8-13)12-7-3-2-6-11(12)14/h11-12H,2-10H2,1H3. The fourth-order valence-electron chi connectivity index (χ4n) is 3.17. The van der Waals surface area contributed by atoms with Gasteiger partial charge >= 0.3 is 0 Å². The lowest BCUT2D eigenvalue weighted by Crippen LogP contribution is -2.39. The van der Waals surface area contributed by atoms with Gasteiger partial charge in [0.2, 0.25) is 0 Å². The minimum atomic E-state index is 0.864. The predicted molar refractivity (Wildman–Crippen MR) is 68.4 cm³/mol. The molecule has 0 N–H and O–H groups in total. The van der Waals surface area contributed by atoms with E-state index < -0.39 is 0 Å². The normalized spacial score (nSPS) is 33.2. The first kappa shape index (κ1) is 11.9. The van der Waals surface area contributed by atoms with Crippen molar-refractivity contribution in [3.63, 3.8) is 0 Å². The van der Waals surface area contributed by atoms with Crippen molar-refractivity contribution in [3.8, 4) is 0 Å². The Balaban J connectivity index is 1.84. The summed E-state index contributed by atoms with van der Waals surface area (Å²) >= 11 is 3.51. The zero-order chi connectivity index (χ0) is 10.7. The minimum Gasteiger partial charge on any atom is -0.289 e. The van der Waals surface area contributed by atoms with Crippen molar-refractivity contribution in [1.82, 2.24) is 9.80 Å². The van der Waals surface area contributed by atoms with Gasteiger partial charge in [0, 0.05) is 17.4 Å². The molecule has 0 aromatic carbocycles. The fourth-order valence-corrected chi connectivity index (χ4v) is 3.57. The molecule has 1 heterocycles. The Morgan fingerprint density at radius 2 is 1.87 bits per heavy atom. The monoisotopic (exact) mass is 274 g/mol. The Hall–Kier alpha value is 0.400. The number of likely N-dealkylation sites (N-methyl/N-ethyl adjacent to an activating group) is 1. The van der Waals surface area contributed by atoms with Crippen LogP contribution in [0.1, 0.15) is 38.5 Å². The third-order valence-corrected chi connectivity index (χ3v) is 4.52. The molecule has 0 radical (unpaired) electrons. The van der Waals surface area contributed by atoms with Crippen LogP contribution in [0.15, 0.2) is 0 Å². The molecule has 2 fully saturated rings. The maximum atomic E-state index is 3.51. The van der Waals surface area contributed by atoms with Gasteiger partial charge in [-0.1, -0.05) is 28.8 Å². The molecule has 3 heteroatoms. The number of nitrogens with zero attached hydrogens (tertiary/aromatic N) is 2. The summed E-state index contributed by atoms with van der Waals surface area (Å²) in [5, 5.41) is 1.16. The molecule has 88 valence electrons. The highest BCUT2D eigenvalue weighted by Gasteiger charge is 2.38. The molecule has 2 atom stereocenters. The van der Waals surface area contributed by atoms with Gasteiger partial charge in [-0.25, -0.2) is 0 Å². The van der Waals surface area contributed by atoms with Gasteiger partial charge in [-0.15, -0.1) is 0 Å². The second kappa shape index (κ2) is 5.65. The van der Waals surface area contributed by atoms with Crippen molar-refractivity contribution < 1.29 is 0 Å². The largest absolute Gasteiger partial charge is 0.289 e. The first-order valence-electron chi connectivity index (χ1n) is 6.33. The summed E-state index contributed by atoms with van der Waals surface area (Å²) in [4.78, 5) is 5.28. The summed E-state index contributed by atoms with van der Waals surface area (Å²) in [6, 6.07) is 1.74. The van der Waals surface area contributed by atoms with Gasteiger partial charge in [0.25, 0.3) is 0 Å². The van der Waals surface area contributed by atoms with Crippen LogP contribution in [0.5, 0.6) is 0 Å². The highest BCUT2D eigenvalue weighted by Crippen LogP contribution is 2.31. The molecule has 0 spiro atoms. The molecular weight excluding hydrogens is 252 g/mol. The lowest BCUT2D eigenvalue weighted by Gasteiger charge is -2.31. The lowest BCUT2D eigenvalue weighted by atomic mass is 9.90. The zero-order valence-corrected chi connectivity index (χ0v) is 11.4. The van der Waals surface area contributed by atoms with E-state index in [0.717, 1.165) is 17.4 Å². The second-order valence-electron chi connectivity index (χ2n) is 5.03. The van der Waals surface area contributed by atoms with Crippen molar-refractivity contribution in [2.24, 2.45) is 0 Å². The van der Waals surface area contributed by atoms with Crippen molar-refractivity contribution >= 4 is 15.9 Å². The summed E-state index contributed by atoms with van der Waals surface area (Å²) in [7, 11) is 2.30. The molecule has 2 nitrogen and oxygen atoms in total. The maximum Gasteiger partial charge on any atom is 0.0510 e. The smallest absolute Gasteiger partial charge is 0.0510 e. The van der Waals surface area contributed by atoms with E-state index >= 15 is 0 Å². The molecule has 15 heavy (non-hydrogen) atoms. The summed E-state index contributed by atoms with van der Waals surface area (Å²) in [5.41, 5.74) is 0. The van der Waals surface area contributed by atoms with Crippen molar-refractivity contribution in [2.75, 3.05) is 25.6 Å². The Morgan fingerprint density at radius 3 is 2.60 bits per heavy atom. The van der Waals surface area contributed by atoms with Gasteiger partial charge in [-0.05, 0) is 39.3 Å². The number of fused-ring (bicyclic) bond motifs is 1. The molecule has 0 aromatic heterocycles. The number of unbranched alkanes of at least 4 members (excludes halogenated alkanes) is 1. The Labute approximate surface area is 102 Å². The molecule has 2 aliphatic rings. The predicted octanol–water partition coefficient (Wildman–Crippen LogP) is 2.68. The Kier molecular flexibility index (Phi) is 4.47. The lowest BCUT2D eigenvalue weighted by molar-refractivity contribution is 0.205. The van der Waals surface area contributed by atoms with Crippen molar-refractivity contribution in [3.05, 3.63) is 0 Å². The van der Waals surface area contributed by atoms with Gasteiger partial charge in [0.15, 0.2) is 0 Å². The van der Waals surface area contributed by atoms with Gasteiger partial charge in [-0.2, -0.15) is 0 Å². The van der Waals surface area contributed by atoms with E-state index in [1.807, 2.05) is 0 Å². The molecule has 0 amide bonds.